The molecule has 5 heteroatoms. The van der Waals surface area contributed by atoms with E-state index in [-0.39, 0.29) is 38.4 Å². The van der Waals surface area contributed by atoms with Crippen molar-refractivity contribution in [3.8, 4) is 0 Å². The fraction of sp³-hybridized carbons (Fsp3) is 0. The molecular weight excluding hydrogens is 535 g/mol. The van der Waals surface area contributed by atoms with Gasteiger partial charge in [-0.15, -0.1) is 0 Å². The number of fused-ring (bicyclic) bond motifs is 2. The van der Waals surface area contributed by atoms with Gasteiger partial charge in [0.1, 0.15) is 0 Å². The van der Waals surface area contributed by atoms with Gasteiger partial charge in [0.05, 0.1) is 11.9 Å². The number of aromatic carboxylic acids is 2. The van der Waals surface area contributed by atoms with Crippen LogP contribution in [0.2, 0.25) is 0 Å². The van der Waals surface area contributed by atoms with Gasteiger partial charge in [-0.25, -0.2) is 0 Å². The van der Waals surface area contributed by atoms with Crippen LogP contribution in [0, 0.1) is 0 Å². The van der Waals surface area contributed by atoms with Crippen LogP contribution in [0.5, 0.6) is 0 Å². The molecule has 0 amide bonds. The van der Waals surface area contributed by atoms with E-state index < -0.39 is 11.9 Å². The van der Waals surface area contributed by atoms with Crippen LogP contribution in [0.3, 0.4) is 0 Å². The van der Waals surface area contributed by atoms with Crippen molar-refractivity contribution in [2.45, 2.75) is 0 Å². The Labute approximate surface area is 176 Å². The first-order valence-corrected chi connectivity index (χ1v) is 7.95. The van der Waals surface area contributed by atoms with E-state index in [0.717, 1.165) is 21.5 Å². The molecule has 0 atom stereocenters. The smallest absolute Gasteiger partial charge is 0.545 e. The molecule has 27 heavy (non-hydrogen) atoms. The monoisotopic (exact) mass is 550 g/mol. The molecular formula is C22H14O4Pb. The first-order chi connectivity index (χ1) is 12.5. The molecule has 4 nitrogen and oxygen atoms in total. The second kappa shape index (κ2) is 9.27. The Balaban J connectivity index is 0.000000187. The number of carbonyl (C=O) groups is 2. The first kappa shape index (κ1) is 20.6. The summed E-state index contributed by atoms with van der Waals surface area (Å²) in [6.07, 6.45) is 0. The average molecular weight is 550 g/mol. The SMILES string of the molecule is O=C([O-])c1ccc2ccccc2c1.O=C([O-])c1ccc2ccccc2c1.[Pb+2]. The maximum absolute atomic E-state index is 10.5. The molecule has 0 saturated heterocycles. The quantitative estimate of drug-likeness (QED) is 0.359. The molecule has 4 aromatic rings. The van der Waals surface area contributed by atoms with E-state index in [4.69, 9.17) is 0 Å². The van der Waals surface area contributed by atoms with Crippen LogP contribution in [-0.4, -0.2) is 39.2 Å². The molecule has 0 N–H and O–H groups in total. The summed E-state index contributed by atoms with van der Waals surface area (Å²) in [5.41, 5.74) is 0.442. The van der Waals surface area contributed by atoms with Crippen molar-refractivity contribution in [3.63, 3.8) is 0 Å². The molecule has 0 fully saturated rings. The van der Waals surface area contributed by atoms with Gasteiger partial charge >= 0.3 is 27.3 Å². The van der Waals surface area contributed by atoms with Crippen LogP contribution in [0.15, 0.2) is 84.9 Å². The van der Waals surface area contributed by atoms with Crippen molar-refractivity contribution >= 4 is 60.8 Å². The number of hydrogen-bond donors (Lipinski definition) is 0. The number of carbonyl (C=O) groups excluding carboxylic acids is 2. The molecule has 0 aliphatic heterocycles. The van der Waals surface area contributed by atoms with E-state index in [1.165, 1.54) is 0 Å². The molecule has 0 bridgehead atoms. The summed E-state index contributed by atoms with van der Waals surface area (Å²) in [7, 11) is 0. The maximum atomic E-state index is 10.5. The summed E-state index contributed by atoms with van der Waals surface area (Å²) in [5, 5.41) is 25.0. The molecule has 4 rings (SSSR count). The second-order valence-corrected chi connectivity index (χ2v) is 5.70. The summed E-state index contributed by atoms with van der Waals surface area (Å²) < 4.78 is 0. The van der Waals surface area contributed by atoms with Crippen molar-refractivity contribution in [1.82, 2.24) is 0 Å². The summed E-state index contributed by atoms with van der Waals surface area (Å²) in [4.78, 5) is 21.1. The molecule has 130 valence electrons. The third-order valence-electron chi connectivity index (χ3n) is 3.97. The molecule has 0 aromatic heterocycles. The molecule has 4 aromatic carbocycles. The van der Waals surface area contributed by atoms with Crippen LogP contribution < -0.4 is 10.2 Å². The largest absolute Gasteiger partial charge is 2.00 e. The van der Waals surface area contributed by atoms with Gasteiger partial charge < -0.3 is 19.8 Å². The summed E-state index contributed by atoms with van der Waals surface area (Å²) in [6.45, 7) is 0. The summed E-state index contributed by atoms with van der Waals surface area (Å²) in [6, 6.07) is 25.1. The van der Waals surface area contributed by atoms with Crippen LogP contribution in [0.4, 0.5) is 0 Å². The Bertz CT molecular complexity index is 1020. The number of rotatable bonds is 2. The van der Waals surface area contributed by atoms with E-state index in [1.807, 2.05) is 48.5 Å². The minimum absolute atomic E-state index is 0. The fourth-order valence-corrected chi connectivity index (χ4v) is 2.63. The third kappa shape index (κ3) is 5.13. The predicted octanol–water partition coefficient (Wildman–Crippen LogP) is 2.03. The second-order valence-electron chi connectivity index (χ2n) is 5.70. The van der Waals surface area contributed by atoms with E-state index in [2.05, 4.69) is 0 Å². The van der Waals surface area contributed by atoms with Gasteiger partial charge in [-0.1, -0.05) is 72.8 Å². The molecule has 0 heterocycles. The van der Waals surface area contributed by atoms with Gasteiger partial charge in [0.25, 0.3) is 0 Å². The van der Waals surface area contributed by atoms with Gasteiger partial charge in [0, 0.05) is 0 Å². The Morgan fingerprint density at radius 2 is 0.852 bits per heavy atom. The standard InChI is InChI=1S/2C11H8O2.Pb/c2*12-11(13)10-6-5-8-3-1-2-4-9(8)7-10;/h2*1-7H,(H,12,13);/q;;+2/p-2. The summed E-state index contributed by atoms with van der Waals surface area (Å²) >= 11 is 0. The van der Waals surface area contributed by atoms with E-state index in [9.17, 15) is 19.8 Å². The Hall–Kier alpha value is -2.74. The van der Waals surface area contributed by atoms with Gasteiger partial charge in [0.15, 0.2) is 0 Å². The van der Waals surface area contributed by atoms with Gasteiger partial charge in [-0.2, -0.15) is 0 Å². The number of hydrogen-bond acceptors (Lipinski definition) is 4. The summed E-state index contributed by atoms with van der Waals surface area (Å²) in [5.74, 6) is -2.27. The molecule has 2 radical (unpaired) electrons. The maximum Gasteiger partial charge on any atom is 2.00 e. The van der Waals surface area contributed by atoms with Crippen LogP contribution >= 0.6 is 0 Å². The molecule has 0 spiro atoms. The molecule has 0 aliphatic carbocycles. The number of benzene rings is 4. The third-order valence-corrected chi connectivity index (χ3v) is 3.97. The zero-order valence-corrected chi connectivity index (χ0v) is 18.1. The number of carboxylic acid groups (broad SMARTS) is 2. The van der Waals surface area contributed by atoms with Gasteiger partial charge in [0.2, 0.25) is 0 Å². The fourth-order valence-electron chi connectivity index (χ4n) is 2.63. The Morgan fingerprint density at radius 1 is 0.519 bits per heavy atom. The van der Waals surface area contributed by atoms with E-state index >= 15 is 0 Å². The van der Waals surface area contributed by atoms with Crippen molar-refractivity contribution in [3.05, 3.63) is 96.1 Å². The topological polar surface area (TPSA) is 80.3 Å². The van der Waals surface area contributed by atoms with Crippen molar-refractivity contribution < 1.29 is 19.8 Å². The minimum atomic E-state index is -1.13. The molecule has 0 unspecified atom stereocenters. The van der Waals surface area contributed by atoms with Crippen molar-refractivity contribution in [1.29, 1.82) is 0 Å². The average Bonchev–Trinajstić information content (AvgIpc) is 2.67. The molecule has 0 saturated carbocycles. The number of carboxylic acids is 2. The first-order valence-electron chi connectivity index (χ1n) is 7.95. The van der Waals surface area contributed by atoms with Gasteiger partial charge in [-0.3, -0.25) is 0 Å². The van der Waals surface area contributed by atoms with E-state index in [1.54, 1.807) is 36.4 Å². The normalized spacial score (nSPS) is 9.78. The Kier molecular flexibility index (Phi) is 7.06. The van der Waals surface area contributed by atoms with Crippen molar-refractivity contribution in [2.24, 2.45) is 0 Å². The van der Waals surface area contributed by atoms with Crippen molar-refractivity contribution in [2.75, 3.05) is 0 Å². The predicted molar refractivity (Wildman–Crippen MR) is 102 cm³/mol. The Morgan fingerprint density at radius 3 is 1.19 bits per heavy atom. The zero-order chi connectivity index (χ0) is 18.5. The molecule has 0 aliphatic rings. The van der Waals surface area contributed by atoms with Crippen LogP contribution in [0.25, 0.3) is 21.5 Å². The zero-order valence-electron chi connectivity index (χ0n) is 14.2. The van der Waals surface area contributed by atoms with Gasteiger partial charge in [-0.05, 0) is 44.8 Å². The van der Waals surface area contributed by atoms with Crippen LogP contribution in [-0.2, 0) is 0 Å². The van der Waals surface area contributed by atoms with E-state index in [0.29, 0.717) is 0 Å². The minimum Gasteiger partial charge on any atom is -0.545 e. The van der Waals surface area contributed by atoms with Crippen LogP contribution in [0.1, 0.15) is 20.7 Å².